The number of carbonyl (C=O) groups is 1. The summed E-state index contributed by atoms with van der Waals surface area (Å²) >= 11 is 0. The standard InChI is InChI=1S/C27H36N4O3/c1-29-12-14-31(15-13-29)24-10-11-25(33-2)22-4-3-5-23(26(22)24)27(32)28-20-6-8-21(9-7-20)30-16-18-34-19-17-30/h6-11,23H,3-5,12-19H2,1-2H3,(H,28,32)/t23-/m1/s1. The molecule has 182 valence electrons. The van der Waals surface area contributed by atoms with Crippen molar-refractivity contribution in [3.8, 4) is 5.75 Å². The molecule has 7 nitrogen and oxygen atoms in total. The number of anilines is 3. The molecule has 2 aromatic carbocycles. The van der Waals surface area contributed by atoms with E-state index in [0.717, 1.165) is 88.7 Å². The summed E-state index contributed by atoms with van der Waals surface area (Å²) in [6.45, 7) is 7.36. The van der Waals surface area contributed by atoms with Gasteiger partial charge in [0, 0.05) is 61.9 Å². The minimum atomic E-state index is -0.174. The summed E-state index contributed by atoms with van der Waals surface area (Å²) in [6.07, 6.45) is 2.81. The second kappa shape index (κ2) is 10.2. The Hall–Kier alpha value is -2.77. The molecule has 5 rings (SSSR count). The molecular formula is C27H36N4O3. The fourth-order valence-corrected chi connectivity index (χ4v) is 5.49. The van der Waals surface area contributed by atoms with E-state index in [2.05, 4.69) is 51.3 Å². The Morgan fingerprint density at radius 1 is 0.971 bits per heavy atom. The number of methoxy groups -OCH3 is 1. The number of nitrogens with zero attached hydrogens (tertiary/aromatic N) is 3. The van der Waals surface area contributed by atoms with Crippen molar-refractivity contribution in [2.24, 2.45) is 0 Å². The Balaban J connectivity index is 1.38. The van der Waals surface area contributed by atoms with E-state index in [1.165, 1.54) is 16.9 Å². The zero-order chi connectivity index (χ0) is 23.5. The average molecular weight is 465 g/mol. The van der Waals surface area contributed by atoms with E-state index >= 15 is 0 Å². The van der Waals surface area contributed by atoms with Gasteiger partial charge in [-0.1, -0.05) is 0 Å². The van der Waals surface area contributed by atoms with Crippen LogP contribution in [0.1, 0.15) is 29.9 Å². The van der Waals surface area contributed by atoms with Crippen LogP contribution in [-0.2, 0) is 16.0 Å². The summed E-state index contributed by atoms with van der Waals surface area (Å²) in [5.74, 6) is 0.802. The molecule has 0 saturated carbocycles. The predicted molar refractivity (Wildman–Crippen MR) is 136 cm³/mol. The Bertz CT molecular complexity index is 996. The van der Waals surface area contributed by atoms with Gasteiger partial charge in [0.1, 0.15) is 5.75 Å². The molecule has 2 fully saturated rings. The number of piperazine rings is 1. The van der Waals surface area contributed by atoms with E-state index in [0.29, 0.717) is 0 Å². The first kappa shape index (κ1) is 23.0. The van der Waals surface area contributed by atoms with Crippen LogP contribution in [-0.4, -0.2) is 77.4 Å². The molecule has 7 heteroatoms. The van der Waals surface area contributed by atoms with Crippen LogP contribution >= 0.6 is 0 Å². The number of amides is 1. The molecule has 0 radical (unpaired) electrons. The highest BCUT2D eigenvalue weighted by atomic mass is 16.5. The third-order valence-electron chi connectivity index (χ3n) is 7.45. The lowest BCUT2D eigenvalue weighted by molar-refractivity contribution is -0.117. The highest BCUT2D eigenvalue weighted by Crippen LogP contribution is 2.43. The van der Waals surface area contributed by atoms with Gasteiger partial charge in [-0.25, -0.2) is 0 Å². The number of hydrogen-bond donors (Lipinski definition) is 1. The van der Waals surface area contributed by atoms with Crippen LogP contribution in [0.3, 0.4) is 0 Å². The van der Waals surface area contributed by atoms with E-state index in [1.807, 2.05) is 12.1 Å². The molecule has 0 bridgehead atoms. The first-order chi connectivity index (χ1) is 16.6. The number of rotatable bonds is 5. The summed E-state index contributed by atoms with van der Waals surface area (Å²) in [4.78, 5) is 20.7. The molecule has 1 amide bonds. The minimum Gasteiger partial charge on any atom is -0.496 e. The van der Waals surface area contributed by atoms with E-state index in [1.54, 1.807) is 7.11 Å². The molecule has 2 saturated heterocycles. The van der Waals surface area contributed by atoms with Crippen LogP contribution in [0, 0.1) is 0 Å². The Morgan fingerprint density at radius 3 is 2.41 bits per heavy atom. The molecule has 1 aliphatic carbocycles. The summed E-state index contributed by atoms with van der Waals surface area (Å²) in [6, 6.07) is 12.4. The largest absolute Gasteiger partial charge is 0.496 e. The molecule has 34 heavy (non-hydrogen) atoms. The maximum absolute atomic E-state index is 13.6. The van der Waals surface area contributed by atoms with Crippen LogP contribution in [0.4, 0.5) is 17.1 Å². The fraction of sp³-hybridized carbons (Fsp3) is 0.519. The first-order valence-corrected chi connectivity index (χ1v) is 12.5. The first-order valence-electron chi connectivity index (χ1n) is 12.5. The Morgan fingerprint density at radius 2 is 1.71 bits per heavy atom. The summed E-state index contributed by atoms with van der Waals surface area (Å²) in [7, 11) is 3.90. The summed E-state index contributed by atoms with van der Waals surface area (Å²) in [5, 5.41) is 3.21. The minimum absolute atomic E-state index is 0.0729. The Kier molecular flexibility index (Phi) is 6.92. The van der Waals surface area contributed by atoms with Crippen LogP contribution in [0.5, 0.6) is 5.75 Å². The molecule has 1 N–H and O–H groups in total. The van der Waals surface area contributed by atoms with Crippen molar-refractivity contribution in [2.75, 3.05) is 81.8 Å². The highest BCUT2D eigenvalue weighted by Gasteiger charge is 2.33. The number of benzene rings is 2. The molecule has 2 aliphatic heterocycles. The van der Waals surface area contributed by atoms with Crippen molar-refractivity contribution in [3.05, 3.63) is 47.5 Å². The number of carbonyl (C=O) groups excluding carboxylic acids is 1. The number of likely N-dealkylation sites (N-methyl/N-ethyl adjacent to an activating group) is 1. The molecule has 0 unspecified atom stereocenters. The van der Waals surface area contributed by atoms with Gasteiger partial charge in [-0.2, -0.15) is 0 Å². The summed E-state index contributed by atoms with van der Waals surface area (Å²) in [5.41, 5.74) is 5.58. The van der Waals surface area contributed by atoms with E-state index in [9.17, 15) is 4.79 Å². The highest BCUT2D eigenvalue weighted by molar-refractivity contribution is 5.97. The van der Waals surface area contributed by atoms with Gasteiger partial charge in [-0.15, -0.1) is 0 Å². The van der Waals surface area contributed by atoms with Gasteiger partial charge in [-0.3, -0.25) is 4.79 Å². The molecular weight excluding hydrogens is 428 g/mol. The smallest absolute Gasteiger partial charge is 0.232 e. The van der Waals surface area contributed by atoms with Crippen molar-refractivity contribution in [1.82, 2.24) is 4.90 Å². The number of ether oxygens (including phenoxy) is 2. The van der Waals surface area contributed by atoms with Gasteiger partial charge in [0.2, 0.25) is 5.91 Å². The van der Waals surface area contributed by atoms with Crippen LogP contribution in [0.25, 0.3) is 0 Å². The van der Waals surface area contributed by atoms with Crippen molar-refractivity contribution in [3.63, 3.8) is 0 Å². The van der Waals surface area contributed by atoms with Crippen LogP contribution in [0.2, 0.25) is 0 Å². The third kappa shape index (κ3) is 4.72. The zero-order valence-electron chi connectivity index (χ0n) is 20.4. The summed E-state index contributed by atoms with van der Waals surface area (Å²) < 4.78 is 11.2. The van der Waals surface area contributed by atoms with Crippen molar-refractivity contribution in [2.45, 2.75) is 25.2 Å². The number of nitrogens with one attached hydrogen (secondary N) is 1. The van der Waals surface area contributed by atoms with Gasteiger partial charge < -0.3 is 29.5 Å². The Labute approximate surface area is 202 Å². The second-order valence-electron chi connectivity index (χ2n) is 9.55. The van der Waals surface area contributed by atoms with Crippen LogP contribution < -0.4 is 19.9 Å². The molecule has 0 aromatic heterocycles. The predicted octanol–water partition coefficient (Wildman–Crippen LogP) is 3.34. The van der Waals surface area contributed by atoms with Crippen molar-refractivity contribution in [1.29, 1.82) is 0 Å². The van der Waals surface area contributed by atoms with Gasteiger partial charge in [0.15, 0.2) is 0 Å². The molecule has 0 spiro atoms. The van der Waals surface area contributed by atoms with Crippen LogP contribution in [0.15, 0.2) is 36.4 Å². The lowest BCUT2D eigenvalue weighted by Crippen LogP contribution is -2.45. The number of hydrogen-bond acceptors (Lipinski definition) is 6. The second-order valence-corrected chi connectivity index (χ2v) is 9.55. The number of fused-ring (bicyclic) bond motifs is 1. The third-order valence-corrected chi connectivity index (χ3v) is 7.45. The van der Waals surface area contributed by atoms with E-state index < -0.39 is 0 Å². The van der Waals surface area contributed by atoms with Gasteiger partial charge >= 0.3 is 0 Å². The van der Waals surface area contributed by atoms with E-state index in [-0.39, 0.29) is 11.8 Å². The molecule has 2 aromatic rings. The lowest BCUT2D eigenvalue weighted by atomic mass is 9.80. The zero-order valence-corrected chi connectivity index (χ0v) is 20.4. The molecule has 2 heterocycles. The monoisotopic (exact) mass is 464 g/mol. The van der Waals surface area contributed by atoms with Crippen molar-refractivity contribution < 1.29 is 14.3 Å². The molecule has 3 aliphatic rings. The topological polar surface area (TPSA) is 57.3 Å². The fourth-order valence-electron chi connectivity index (χ4n) is 5.49. The molecule has 1 atom stereocenters. The maximum atomic E-state index is 13.6. The van der Waals surface area contributed by atoms with Gasteiger partial charge in [0.25, 0.3) is 0 Å². The quantitative estimate of drug-likeness (QED) is 0.733. The lowest BCUT2D eigenvalue weighted by Gasteiger charge is -2.38. The SMILES string of the molecule is COc1ccc(N2CCN(C)CC2)c2c1CCC[C@H]2C(=O)Nc1ccc(N2CCOCC2)cc1. The van der Waals surface area contributed by atoms with Gasteiger partial charge in [-0.05, 0) is 68.3 Å². The number of morpholine rings is 1. The van der Waals surface area contributed by atoms with E-state index in [4.69, 9.17) is 9.47 Å². The maximum Gasteiger partial charge on any atom is 0.232 e. The average Bonchev–Trinajstić information content (AvgIpc) is 2.89. The van der Waals surface area contributed by atoms with Crippen molar-refractivity contribution >= 4 is 23.0 Å². The van der Waals surface area contributed by atoms with Gasteiger partial charge in [0.05, 0.1) is 26.2 Å². The normalized spacial score (nSPS) is 21.2.